The molecule has 1 aliphatic carbocycles. The van der Waals surface area contributed by atoms with Crippen LogP contribution in [-0.4, -0.2) is 27.5 Å². The smallest absolute Gasteiger partial charge is 0.341 e. The van der Waals surface area contributed by atoms with Gasteiger partial charge in [-0.05, 0) is 31.9 Å². The Labute approximate surface area is 127 Å². The predicted octanol–water partition coefficient (Wildman–Crippen LogP) is 3.25. The molecule has 0 aromatic carbocycles. The van der Waals surface area contributed by atoms with Gasteiger partial charge in [0.15, 0.2) is 5.82 Å². The number of hydrogen-bond donors (Lipinski definition) is 0. The molecule has 0 atom stereocenters. The minimum Gasteiger partial charge on any atom is -0.462 e. The molecular formula is C15H14ClN3O2. The van der Waals surface area contributed by atoms with E-state index in [4.69, 9.17) is 16.3 Å². The number of carbonyl (C=O) groups is 1. The molecule has 0 bridgehead atoms. The van der Waals surface area contributed by atoms with Gasteiger partial charge >= 0.3 is 5.97 Å². The normalized spacial score (nSPS) is 14.0. The van der Waals surface area contributed by atoms with Crippen LogP contribution in [0.1, 0.15) is 41.7 Å². The van der Waals surface area contributed by atoms with Gasteiger partial charge < -0.3 is 4.74 Å². The Balaban J connectivity index is 2.04. The SMILES string of the molecule is CCOC(=O)c1cnc(-c2ncccc2Cl)nc1C1CC1. The molecule has 21 heavy (non-hydrogen) atoms. The van der Waals surface area contributed by atoms with Crippen molar-refractivity contribution in [1.82, 2.24) is 15.0 Å². The van der Waals surface area contributed by atoms with Crippen LogP contribution in [0.4, 0.5) is 0 Å². The summed E-state index contributed by atoms with van der Waals surface area (Å²) in [6.07, 6.45) is 5.21. The number of carbonyl (C=O) groups excluding carboxylic acids is 1. The number of aromatic nitrogens is 3. The maximum absolute atomic E-state index is 12.0. The lowest BCUT2D eigenvalue weighted by atomic mass is 10.1. The molecule has 0 amide bonds. The largest absolute Gasteiger partial charge is 0.462 e. The summed E-state index contributed by atoms with van der Waals surface area (Å²) < 4.78 is 5.06. The lowest BCUT2D eigenvalue weighted by Gasteiger charge is -2.09. The average Bonchev–Trinajstić information content (AvgIpc) is 3.32. The van der Waals surface area contributed by atoms with E-state index in [-0.39, 0.29) is 5.97 Å². The first-order valence-electron chi connectivity index (χ1n) is 6.85. The third-order valence-electron chi connectivity index (χ3n) is 3.25. The summed E-state index contributed by atoms with van der Waals surface area (Å²) in [4.78, 5) is 24.9. The number of halogens is 1. The Kier molecular flexibility index (Phi) is 3.84. The molecule has 6 heteroatoms. The van der Waals surface area contributed by atoms with Crippen LogP contribution >= 0.6 is 11.6 Å². The number of nitrogens with zero attached hydrogens (tertiary/aromatic N) is 3. The topological polar surface area (TPSA) is 65.0 Å². The zero-order valence-corrected chi connectivity index (χ0v) is 12.3. The highest BCUT2D eigenvalue weighted by molar-refractivity contribution is 6.32. The summed E-state index contributed by atoms with van der Waals surface area (Å²) in [7, 11) is 0. The molecule has 2 aromatic heterocycles. The predicted molar refractivity (Wildman–Crippen MR) is 78.2 cm³/mol. The molecule has 1 saturated carbocycles. The van der Waals surface area contributed by atoms with Crippen LogP contribution in [0.2, 0.25) is 5.02 Å². The molecule has 0 unspecified atom stereocenters. The van der Waals surface area contributed by atoms with E-state index in [0.717, 1.165) is 18.5 Å². The van der Waals surface area contributed by atoms with Crippen molar-refractivity contribution in [3.8, 4) is 11.5 Å². The zero-order valence-electron chi connectivity index (χ0n) is 11.5. The summed E-state index contributed by atoms with van der Waals surface area (Å²) >= 11 is 6.12. The summed E-state index contributed by atoms with van der Waals surface area (Å²) in [6, 6.07) is 3.49. The fourth-order valence-electron chi connectivity index (χ4n) is 2.09. The van der Waals surface area contributed by atoms with Crippen molar-refractivity contribution < 1.29 is 9.53 Å². The molecule has 108 valence electrons. The van der Waals surface area contributed by atoms with Gasteiger partial charge in [0.1, 0.15) is 5.69 Å². The quantitative estimate of drug-likeness (QED) is 0.811. The van der Waals surface area contributed by atoms with Crippen molar-refractivity contribution in [2.24, 2.45) is 0 Å². The molecule has 0 N–H and O–H groups in total. The Morgan fingerprint density at radius 1 is 1.43 bits per heavy atom. The molecule has 0 spiro atoms. The molecular weight excluding hydrogens is 290 g/mol. The van der Waals surface area contributed by atoms with E-state index < -0.39 is 0 Å². The van der Waals surface area contributed by atoms with Crippen LogP contribution in [0.5, 0.6) is 0 Å². The Morgan fingerprint density at radius 3 is 2.90 bits per heavy atom. The van der Waals surface area contributed by atoms with Gasteiger partial charge in [-0.1, -0.05) is 11.6 Å². The van der Waals surface area contributed by atoms with Crippen molar-refractivity contribution >= 4 is 17.6 Å². The molecule has 5 nitrogen and oxygen atoms in total. The van der Waals surface area contributed by atoms with Gasteiger partial charge in [-0.15, -0.1) is 0 Å². The maximum Gasteiger partial charge on any atom is 0.341 e. The van der Waals surface area contributed by atoms with E-state index >= 15 is 0 Å². The second kappa shape index (κ2) is 5.77. The van der Waals surface area contributed by atoms with Crippen LogP contribution < -0.4 is 0 Å². The molecule has 1 fully saturated rings. The highest BCUT2D eigenvalue weighted by Gasteiger charge is 2.31. The molecule has 0 aliphatic heterocycles. The Bertz CT molecular complexity index is 686. The first kappa shape index (κ1) is 13.9. The number of esters is 1. The lowest BCUT2D eigenvalue weighted by Crippen LogP contribution is -2.11. The fraction of sp³-hybridized carbons (Fsp3) is 0.333. The van der Waals surface area contributed by atoms with Crippen LogP contribution in [0.15, 0.2) is 24.5 Å². The standard InChI is InChI=1S/C15H14ClN3O2/c1-2-21-15(20)10-8-18-14(19-12(10)9-5-6-9)13-11(16)4-3-7-17-13/h3-4,7-9H,2,5-6H2,1H3. The van der Waals surface area contributed by atoms with E-state index in [2.05, 4.69) is 15.0 Å². The van der Waals surface area contributed by atoms with Gasteiger partial charge in [-0.25, -0.2) is 14.8 Å². The van der Waals surface area contributed by atoms with Crippen LogP contribution in [0, 0.1) is 0 Å². The second-order valence-corrected chi connectivity index (χ2v) is 5.23. The van der Waals surface area contributed by atoms with E-state index in [1.807, 2.05) is 0 Å². The highest BCUT2D eigenvalue weighted by Crippen LogP contribution is 2.41. The molecule has 1 aliphatic rings. The second-order valence-electron chi connectivity index (χ2n) is 4.82. The first-order chi connectivity index (χ1) is 10.2. The van der Waals surface area contributed by atoms with Gasteiger partial charge in [0.2, 0.25) is 0 Å². The van der Waals surface area contributed by atoms with Gasteiger partial charge in [0, 0.05) is 18.3 Å². The average molecular weight is 304 g/mol. The van der Waals surface area contributed by atoms with Gasteiger partial charge in [0.05, 0.1) is 22.9 Å². The molecule has 2 heterocycles. The number of pyridine rings is 1. The van der Waals surface area contributed by atoms with Crippen molar-refractivity contribution in [2.45, 2.75) is 25.7 Å². The molecule has 0 radical (unpaired) electrons. The van der Waals surface area contributed by atoms with Gasteiger partial charge in [-0.3, -0.25) is 4.98 Å². The van der Waals surface area contributed by atoms with E-state index in [9.17, 15) is 4.79 Å². The van der Waals surface area contributed by atoms with Crippen molar-refractivity contribution in [1.29, 1.82) is 0 Å². The summed E-state index contributed by atoms with van der Waals surface area (Å²) in [5.41, 5.74) is 1.70. The summed E-state index contributed by atoms with van der Waals surface area (Å²) in [6.45, 7) is 2.11. The Morgan fingerprint density at radius 2 is 2.24 bits per heavy atom. The third-order valence-corrected chi connectivity index (χ3v) is 3.55. The van der Waals surface area contributed by atoms with Crippen molar-refractivity contribution in [3.05, 3.63) is 40.8 Å². The number of rotatable bonds is 4. The van der Waals surface area contributed by atoms with Crippen LogP contribution in [0.25, 0.3) is 11.5 Å². The van der Waals surface area contributed by atoms with Gasteiger partial charge in [-0.2, -0.15) is 0 Å². The van der Waals surface area contributed by atoms with Crippen LogP contribution in [-0.2, 0) is 4.74 Å². The van der Waals surface area contributed by atoms with Crippen molar-refractivity contribution in [3.63, 3.8) is 0 Å². The highest BCUT2D eigenvalue weighted by atomic mass is 35.5. The lowest BCUT2D eigenvalue weighted by molar-refractivity contribution is 0.0524. The third kappa shape index (κ3) is 2.88. The summed E-state index contributed by atoms with van der Waals surface area (Å²) in [5.74, 6) is 0.363. The van der Waals surface area contributed by atoms with Crippen molar-refractivity contribution in [2.75, 3.05) is 6.61 Å². The summed E-state index contributed by atoms with van der Waals surface area (Å²) in [5, 5.41) is 0.489. The molecule has 2 aromatic rings. The maximum atomic E-state index is 12.0. The van der Waals surface area contributed by atoms with Gasteiger partial charge in [0.25, 0.3) is 0 Å². The van der Waals surface area contributed by atoms with E-state index in [0.29, 0.717) is 34.6 Å². The minimum atomic E-state index is -0.377. The molecule has 3 rings (SSSR count). The number of hydrogen-bond acceptors (Lipinski definition) is 5. The first-order valence-corrected chi connectivity index (χ1v) is 7.23. The molecule has 0 saturated heterocycles. The Hall–Kier alpha value is -2.01. The zero-order chi connectivity index (χ0) is 14.8. The minimum absolute atomic E-state index is 0.300. The van der Waals surface area contributed by atoms with E-state index in [1.54, 1.807) is 25.3 Å². The van der Waals surface area contributed by atoms with Crippen LogP contribution in [0.3, 0.4) is 0 Å². The monoisotopic (exact) mass is 303 g/mol. The number of ether oxygens (including phenoxy) is 1. The van der Waals surface area contributed by atoms with E-state index in [1.165, 1.54) is 6.20 Å². The fourth-order valence-corrected chi connectivity index (χ4v) is 2.30.